The number of aliphatic carboxylic acids is 1. The van der Waals surface area contributed by atoms with E-state index in [1.165, 1.54) is 4.90 Å². The number of hydrogen-bond donors (Lipinski definition) is 2. The van der Waals surface area contributed by atoms with Crippen molar-refractivity contribution in [2.45, 2.75) is 12.8 Å². The van der Waals surface area contributed by atoms with Crippen molar-refractivity contribution in [3.8, 4) is 0 Å². The van der Waals surface area contributed by atoms with E-state index < -0.39 is 16.0 Å². The number of nitrogens with zero attached hydrogens (tertiary/aromatic N) is 1. The first kappa shape index (κ1) is 15.5. The van der Waals surface area contributed by atoms with Gasteiger partial charge in [-0.15, -0.1) is 0 Å². The molecule has 1 saturated heterocycles. The number of carbonyl (C=O) groups excluding carboxylic acids is 1. The van der Waals surface area contributed by atoms with Crippen LogP contribution < -0.4 is 10.0 Å². The summed E-state index contributed by atoms with van der Waals surface area (Å²) in [6.07, 6.45) is -0.00390. The van der Waals surface area contributed by atoms with Gasteiger partial charge in [-0.1, -0.05) is 12.1 Å². The summed E-state index contributed by atoms with van der Waals surface area (Å²) >= 11 is 0. The quantitative estimate of drug-likeness (QED) is 0.790. The Bertz CT molecular complexity index is 671. The number of anilines is 1. The average Bonchev–Trinajstić information content (AvgIpc) is 2.67. The summed E-state index contributed by atoms with van der Waals surface area (Å²) in [7, 11) is -3.62. The zero-order valence-electron chi connectivity index (χ0n) is 11.2. The van der Waals surface area contributed by atoms with Crippen LogP contribution in [0.25, 0.3) is 0 Å². The molecule has 0 aliphatic carbocycles. The van der Waals surface area contributed by atoms with Crippen molar-refractivity contribution >= 4 is 27.6 Å². The largest absolute Gasteiger partial charge is 0.481 e. The Morgan fingerprint density at radius 2 is 2.14 bits per heavy atom. The van der Waals surface area contributed by atoms with E-state index in [1.54, 1.807) is 24.3 Å². The molecule has 0 radical (unpaired) electrons. The van der Waals surface area contributed by atoms with Crippen LogP contribution >= 0.6 is 0 Å². The molecule has 1 aromatic carbocycles. The predicted molar refractivity (Wildman–Crippen MR) is 76.2 cm³/mol. The van der Waals surface area contributed by atoms with Crippen molar-refractivity contribution in [2.75, 3.05) is 17.2 Å². The van der Waals surface area contributed by atoms with Crippen molar-refractivity contribution in [3.63, 3.8) is 0 Å². The summed E-state index contributed by atoms with van der Waals surface area (Å²) < 4.78 is 22.2. The molecule has 0 spiro atoms. The third-order valence-corrected chi connectivity index (χ3v) is 4.19. The van der Waals surface area contributed by atoms with E-state index in [4.69, 9.17) is 10.2 Å². The summed E-state index contributed by atoms with van der Waals surface area (Å²) in [6.45, 7) is 0.270. The van der Waals surface area contributed by atoms with Crippen molar-refractivity contribution in [2.24, 2.45) is 11.1 Å². The molecule has 7 nitrogen and oxygen atoms in total. The van der Waals surface area contributed by atoms with Gasteiger partial charge in [0.05, 0.1) is 12.2 Å². The highest BCUT2D eigenvalue weighted by Crippen LogP contribution is 2.26. The lowest BCUT2D eigenvalue weighted by Crippen LogP contribution is -2.27. The monoisotopic (exact) mass is 312 g/mol. The van der Waals surface area contributed by atoms with Crippen LogP contribution in [0.2, 0.25) is 0 Å². The van der Waals surface area contributed by atoms with Gasteiger partial charge in [0.25, 0.3) is 0 Å². The summed E-state index contributed by atoms with van der Waals surface area (Å²) in [6, 6.07) is 6.67. The van der Waals surface area contributed by atoms with Crippen LogP contribution in [0, 0.1) is 5.92 Å². The summed E-state index contributed by atoms with van der Waals surface area (Å²) in [4.78, 5) is 24.2. The minimum absolute atomic E-state index is 0.125. The van der Waals surface area contributed by atoms with Crippen molar-refractivity contribution in [1.29, 1.82) is 0 Å². The molecule has 1 aliphatic heterocycles. The van der Waals surface area contributed by atoms with Crippen LogP contribution in [0.4, 0.5) is 5.69 Å². The van der Waals surface area contributed by atoms with Gasteiger partial charge in [0.2, 0.25) is 15.9 Å². The number of rotatable bonds is 5. The number of carboxylic acids is 1. The smallest absolute Gasteiger partial charge is 0.307 e. The van der Waals surface area contributed by atoms with Gasteiger partial charge in [-0.3, -0.25) is 9.59 Å². The highest BCUT2D eigenvalue weighted by Gasteiger charge is 2.32. The number of amides is 1. The molecule has 1 atom stereocenters. The second kappa shape index (κ2) is 5.82. The van der Waals surface area contributed by atoms with Gasteiger partial charge in [-0.25, -0.2) is 13.6 Å². The zero-order valence-corrected chi connectivity index (χ0v) is 12.0. The van der Waals surface area contributed by atoms with Crippen LogP contribution in [0.3, 0.4) is 0 Å². The Kier molecular flexibility index (Phi) is 4.29. The third-order valence-electron chi connectivity index (χ3n) is 3.25. The highest BCUT2D eigenvalue weighted by atomic mass is 32.2. The molecule has 0 aromatic heterocycles. The van der Waals surface area contributed by atoms with E-state index >= 15 is 0 Å². The maximum atomic E-state index is 12.0. The SMILES string of the molecule is NS(=O)(=O)CC1CC(=O)N(c2cccc(CC(=O)O)c2)C1. The first-order valence-electron chi connectivity index (χ1n) is 6.36. The first-order chi connectivity index (χ1) is 9.74. The fraction of sp³-hybridized carbons (Fsp3) is 0.385. The van der Waals surface area contributed by atoms with Crippen molar-refractivity contribution < 1.29 is 23.1 Å². The van der Waals surface area contributed by atoms with E-state index in [0.717, 1.165) is 0 Å². The summed E-state index contributed by atoms with van der Waals surface area (Å²) in [5.41, 5.74) is 1.17. The van der Waals surface area contributed by atoms with Crippen molar-refractivity contribution in [3.05, 3.63) is 29.8 Å². The number of carbonyl (C=O) groups is 2. The number of benzene rings is 1. The molecule has 114 valence electrons. The van der Waals surface area contributed by atoms with Gasteiger partial charge in [0, 0.05) is 24.6 Å². The number of sulfonamides is 1. The lowest BCUT2D eigenvalue weighted by atomic mass is 10.1. The number of carboxylic acid groups (broad SMARTS) is 1. The Labute approximate surface area is 122 Å². The van der Waals surface area contributed by atoms with E-state index in [2.05, 4.69) is 0 Å². The molecule has 1 amide bonds. The van der Waals surface area contributed by atoms with Gasteiger partial charge < -0.3 is 10.0 Å². The molecule has 21 heavy (non-hydrogen) atoms. The Morgan fingerprint density at radius 1 is 1.43 bits per heavy atom. The Morgan fingerprint density at radius 3 is 2.76 bits per heavy atom. The fourth-order valence-electron chi connectivity index (χ4n) is 2.48. The molecule has 1 heterocycles. The Balaban J connectivity index is 2.15. The zero-order chi connectivity index (χ0) is 15.6. The standard InChI is InChI=1S/C13H16N2O5S/c14-21(19,20)8-10-5-12(16)15(7-10)11-3-1-2-9(4-11)6-13(17)18/h1-4,10H,5-8H2,(H,17,18)(H2,14,19,20). The lowest BCUT2D eigenvalue weighted by Gasteiger charge is -2.17. The van der Waals surface area contributed by atoms with Gasteiger partial charge in [-0.2, -0.15) is 0 Å². The lowest BCUT2D eigenvalue weighted by molar-refractivity contribution is -0.136. The molecular formula is C13H16N2O5S. The molecule has 3 N–H and O–H groups in total. The average molecular weight is 312 g/mol. The van der Waals surface area contributed by atoms with Gasteiger partial charge in [-0.05, 0) is 17.7 Å². The predicted octanol–water partition coefficient (Wildman–Crippen LogP) is -0.0449. The van der Waals surface area contributed by atoms with Crippen LogP contribution in [0.5, 0.6) is 0 Å². The second-order valence-corrected chi connectivity index (χ2v) is 6.80. The molecule has 2 rings (SSSR count). The minimum atomic E-state index is -3.62. The first-order valence-corrected chi connectivity index (χ1v) is 8.08. The number of primary sulfonamides is 1. The van der Waals surface area contributed by atoms with Crippen LogP contribution in [0.15, 0.2) is 24.3 Å². The minimum Gasteiger partial charge on any atom is -0.481 e. The molecule has 1 aromatic rings. The van der Waals surface area contributed by atoms with E-state index in [-0.39, 0.29) is 37.0 Å². The molecule has 1 aliphatic rings. The maximum absolute atomic E-state index is 12.0. The highest BCUT2D eigenvalue weighted by molar-refractivity contribution is 7.89. The van der Waals surface area contributed by atoms with E-state index in [9.17, 15) is 18.0 Å². The van der Waals surface area contributed by atoms with Gasteiger partial charge in [0.1, 0.15) is 0 Å². The molecule has 1 unspecified atom stereocenters. The van der Waals surface area contributed by atoms with Crippen LogP contribution in [-0.2, 0) is 26.0 Å². The molecule has 0 saturated carbocycles. The fourth-order valence-corrected chi connectivity index (χ4v) is 3.36. The summed E-state index contributed by atoms with van der Waals surface area (Å²) in [5, 5.41) is 13.8. The van der Waals surface area contributed by atoms with Gasteiger partial charge >= 0.3 is 5.97 Å². The molecule has 1 fully saturated rings. The molecule has 0 bridgehead atoms. The topological polar surface area (TPSA) is 118 Å². The normalized spacial score (nSPS) is 19.0. The molecular weight excluding hydrogens is 296 g/mol. The number of nitrogens with two attached hydrogens (primary N) is 1. The molecule has 8 heteroatoms. The van der Waals surface area contributed by atoms with Crippen LogP contribution in [0.1, 0.15) is 12.0 Å². The van der Waals surface area contributed by atoms with E-state index in [1.807, 2.05) is 0 Å². The summed E-state index contributed by atoms with van der Waals surface area (Å²) in [5.74, 6) is -1.71. The van der Waals surface area contributed by atoms with Gasteiger partial charge in [0.15, 0.2) is 0 Å². The van der Waals surface area contributed by atoms with E-state index in [0.29, 0.717) is 11.3 Å². The number of hydrogen-bond acceptors (Lipinski definition) is 4. The third kappa shape index (κ3) is 4.27. The van der Waals surface area contributed by atoms with Crippen LogP contribution in [-0.4, -0.2) is 37.7 Å². The maximum Gasteiger partial charge on any atom is 0.307 e. The second-order valence-electron chi connectivity index (χ2n) is 5.14. The van der Waals surface area contributed by atoms with Crippen molar-refractivity contribution in [1.82, 2.24) is 0 Å². The Hall–Kier alpha value is -1.93.